The highest BCUT2D eigenvalue weighted by Gasteiger charge is 2.31. The van der Waals surface area contributed by atoms with E-state index in [2.05, 4.69) is 58.2 Å². The molecule has 0 fully saturated rings. The van der Waals surface area contributed by atoms with Crippen LogP contribution in [0.4, 0.5) is 0 Å². The summed E-state index contributed by atoms with van der Waals surface area (Å²) in [7, 11) is 0. The Morgan fingerprint density at radius 1 is 1.19 bits per heavy atom. The molecule has 26 heavy (non-hydrogen) atoms. The molecule has 130 valence electrons. The Morgan fingerprint density at radius 2 is 2.04 bits per heavy atom. The van der Waals surface area contributed by atoms with Crippen LogP contribution < -0.4 is 0 Å². The monoisotopic (exact) mass is 342 g/mol. The predicted molar refractivity (Wildman–Crippen MR) is 102 cm³/mol. The smallest absolute Gasteiger partial charge is 0.0991 e. The number of imidazole rings is 1. The van der Waals surface area contributed by atoms with Crippen molar-refractivity contribution in [3.63, 3.8) is 0 Å². The molecule has 4 nitrogen and oxygen atoms in total. The molecule has 0 aliphatic carbocycles. The van der Waals surface area contributed by atoms with Gasteiger partial charge in [0.1, 0.15) is 0 Å². The number of aromatic amines is 1. The number of aryl methyl sites for hydroxylation is 1. The number of rotatable bonds is 4. The number of nitrogens with zero attached hydrogens (tertiary/aromatic N) is 3. The number of fused-ring (bicyclic) bond motifs is 1. The second kappa shape index (κ2) is 7.15. The zero-order chi connectivity index (χ0) is 17.9. The Bertz CT molecular complexity index is 951. The molecule has 0 bridgehead atoms. The molecule has 1 aliphatic heterocycles. The van der Waals surface area contributed by atoms with Crippen LogP contribution in [0, 0.1) is 11.3 Å². The molecule has 1 aliphatic rings. The third kappa shape index (κ3) is 3.02. The molecule has 0 spiro atoms. The lowest BCUT2D eigenvalue weighted by atomic mass is 9.93. The molecular weight excluding hydrogens is 320 g/mol. The molecule has 2 aromatic carbocycles. The van der Waals surface area contributed by atoms with Crippen LogP contribution in [0.1, 0.15) is 46.6 Å². The van der Waals surface area contributed by atoms with Crippen LogP contribution in [0.25, 0.3) is 0 Å². The summed E-state index contributed by atoms with van der Waals surface area (Å²) in [6.07, 6.45) is 3.79. The Labute approximate surface area is 154 Å². The van der Waals surface area contributed by atoms with Gasteiger partial charge in [0.25, 0.3) is 0 Å². The summed E-state index contributed by atoms with van der Waals surface area (Å²) in [5, 5.41) is 9.30. The third-order valence-corrected chi connectivity index (χ3v) is 5.23. The fourth-order valence-corrected chi connectivity index (χ4v) is 3.92. The van der Waals surface area contributed by atoms with Crippen molar-refractivity contribution >= 4 is 0 Å². The van der Waals surface area contributed by atoms with Gasteiger partial charge in [-0.25, -0.2) is 4.98 Å². The summed E-state index contributed by atoms with van der Waals surface area (Å²) in [6.45, 7) is 4.06. The van der Waals surface area contributed by atoms with Crippen LogP contribution in [0.2, 0.25) is 0 Å². The van der Waals surface area contributed by atoms with Crippen LogP contribution in [-0.4, -0.2) is 21.4 Å². The van der Waals surface area contributed by atoms with Gasteiger partial charge in [-0.05, 0) is 35.2 Å². The molecule has 0 amide bonds. The van der Waals surface area contributed by atoms with Gasteiger partial charge in [0, 0.05) is 25.2 Å². The van der Waals surface area contributed by atoms with Crippen molar-refractivity contribution in [1.29, 1.82) is 5.26 Å². The lowest BCUT2D eigenvalue weighted by molar-refractivity contribution is 0.200. The van der Waals surface area contributed by atoms with E-state index >= 15 is 0 Å². The van der Waals surface area contributed by atoms with Crippen molar-refractivity contribution in [2.75, 3.05) is 6.54 Å². The van der Waals surface area contributed by atoms with Gasteiger partial charge in [0.05, 0.1) is 29.7 Å². The van der Waals surface area contributed by atoms with Crippen LogP contribution in [-0.2, 0) is 19.4 Å². The lowest BCUT2D eigenvalue weighted by Gasteiger charge is -2.35. The van der Waals surface area contributed by atoms with E-state index in [-0.39, 0.29) is 6.04 Å². The second-order valence-electron chi connectivity index (χ2n) is 6.75. The number of hydrogen-bond donors (Lipinski definition) is 1. The summed E-state index contributed by atoms with van der Waals surface area (Å²) in [5.41, 5.74) is 6.88. The summed E-state index contributed by atoms with van der Waals surface area (Å²) >= 11 is 0. The first kappa shape index (κ1) is 16.6. The summed E-state index contributed by atoms with van der Waals surface area (Å²) < 4.78 is 0. The summed E-state index contributed by atoms with van der Waals surface area (Å²) in [5.74, 6) is 0. The molecule has 1 unspecified atom stereocenters. The highest BCUT2D eigenvalue weighted by atomic mass is 15.2. The molecule has 1 atom stereocenters. The Hall–Kier alpha value is -2.90. The van der Waals surface area contributed by atoms with Gasteiger partial charge in [0.2, 0.25) is 0 Å². The summed E-state index contributed by atoms with van der Waals surface area (Å²) in [4.78, 5) is 10.4. The van der Waals surface area contributed by atoms with Crippen LogP contribution >= 0.6 is 0 Å². The van der Waals surface area contributed by atoms with Gasteiger partial charge in [-0.3, -0.25) is 4.90 Å². The topological polar surface area (TPSA) is 55.7 Å². The quantitative estimate of drug-likeness (QED) is 0.780. The number of H-pyrrole nitrogens is 1. The fraction of sp³-hybridized carbons (Fsp3) is 0.273. The van der Waals surface area contributed by atoms with Crippen molar-refractivity contribution in [3.8, 4) is 6.07 Å². The van der Waals surface area contributed by atoms with Gasteiger partial charge >= 0.3 is 0 Å². The van der Waals surface area contributed by atoms with Crippen molar-refractivity contribution in [3.05, 3.63) is 88.5 Å². The average molecular weight is 342 g/mol. The van der Waals surface area contributed by atoms with E-state index in [1.165, 1.54) is 16.8 Å². The van der Waals surface area contributed by atoms with Gasteiger partial charge in [0.15, 0.2) is 0 Å². The predicted octanol–water partition coefficient (Wildman–Crippen LogP) is 3.99. The number of benzene rings is 2. The standard InChI is InChI=1S/C22H22N4/c1-2-17-7-3-4-8-19(17)14-26-11-10-20-21(25-15-24-20)22(26)18-9-5-6-16(12-18)13-23/h3-9,12,15,22H,2,10-11,14H2,1H3,(H,24,25). The number of hydrogen-bond acceptors (Lipinski definition) is 3. The fourth-order valence-electron chi connectivity index (χ4n) is 3.92. The molecule has 4 rings (SSSR count). The molecule has 0 radical (unpaired) electrons. The van der Waals surface area contributed by atoms with Crippen LogP contribution in [0.3, 0.4) is 0 Å². The molecule has 2 heterocycles. The van der Waals surface area contributed by atoms with Crippen molar-refractivity contribution in [2.24, 2.45) is 0 Å². The number of aromatic nitrogens is 2. The van der Waals surface area contributed by atoms with Crippen LogP contribution in [0.5, 0.6) is 0 Å². The van der Waals surface area contributed by atoms with E-state index in [9.17, 15) is 5.26 Å². The van der Waals surface area contributed by atoms with Gasteiger partial charge in [-0.15, -0.1) is 0 Å². The first-order valence-corrected chi connectivity index (χ1v) is 9.13. The minimum absolute atomic E-state index is 0.0724. The maximum absolute atomic E-state index is 9.30. The van der Waals surface area contributed by atoms with E-state index in [4.69, 9.17) is 0 Å². The highest BCUT2D eigenvalue weighted by Crippen LogP contribution is 2.35. The first-order valence-electron chi connectivity index (χ1n) is 9.13. The zero-order valence-electron chi connectivity index (χ0n) is 14.9. The van der Waals surface area contributed by atoms with Crippen LogP contribution in [0.15, 0.2) is 54.9 Å². The minimum Gasteiger partial charge on any atom is -0.348 e. The van der Waals surface area contributed by atoms with E-state index in [1.54, 1.807) is 6.33 Å². The lowest BCUT2D eigenvalue weighted by Crippen LogP contribution is -2.36. The highest BCUT2D eigenvalue weighted by molar-refractivity contribution is 5.39. The van der Waals surface area contributed by atoms with Gasteiger partial charge < -0.3 is 4.98 Å². The number of nitrogens with one attached hydrogen (secondary N) is 1. The van der Waals surface area contributed by atoms with Crippen molar-refractivity contribution in [1.82, 2.24) is 14.9 Å². The third-order valence-electron chi connectivity index (χ3n) is 5.23. The first-order chi connectivity index (χ1) is 12.8. The van der Waals surface area contributed by atoms with E-state index in [0.717, 1.165) is 37.2 Å². The van der Waals surface area contributed by atoms with E-state index < -0.39 is 0 Å². The Balaban J connectivity index is 1.74. The van der Waals surface area contributed by atoms with Gasteiger partial charge in [-0.1, -0.05) is 43.3 Å². The average Bonchev–Trinajstić information content (AvgIpc) is 3.17. The number of nitriles is 1. The Morgan fingerprint density at radius 3 is 2.85 bits per heavy atom. The normalized spacial score (nSPS) is 16.8. The molecule has 0 saturated carbocycles. The SMILES string of the molecule is CCc1ccccc1CN1CCc2[nH]cnc2C1c1cccc(C#N)c1. The van der Waals surface area contributed by atoms with E-state index in [0.29, 0.717) is 5.56 Å². The minimum atomic E-state index is 0.0724. The molecule has 3 aromatic rings. The Kier molecular flexibility index (Phi) is 4.55. The maximum atomic E-state index is 9.30. The maximum Gasteiger partial charge on any atom is 0.0991 e. The zero-order valence-corrected chi connectivity index (χ0v) is 14.9. The second-order valence-corrected chi connectivity index (χ2v) is 6.75. The summed E-state index contributed by atoms with van der Waals surface area (Å²) in [6, 6.07) is 18.9. The molecular formula is C22H22N4. The molecule has 4 heteroatoms. The van der Waals surface area contributed by atoms with E-state index in [1.807, 2.05) is 18.2 Å². The molecule has 0 saturated heterocycles. The van der Waals surface area contributed by atoms with Crippen molar-refractivity contribution < 1.29 is 0 Å². The molecule has 1 aromatic heterocycles. The van der Waals surface area contributed by atoms with Gasteiger partial charge in [-0.2, -0.15) is 5.26 Å². The molecule has 1 N–H and O–H groups in total. The van der Waals surface area contributed by atoms with Crippen molar-refractivity contribution in [2.45, 2.75) is 32.4 Å². The largest absolute Gasteiger partial charge is 0.348 e.